The largest absolute Gasteiger partial charge is 0.491 e. The average Bonchev–Trinajstić information content (AvgIpc) is 2.28. The molecule has 0 saturated heterocycles. The Morgan fingerprint density at radius 2 is 1.78 bits per heavy atom. The zero-order chi connectivity index (χ0) is 13.8. The zero-order valence-corrected chi connectivity index (χ0v) is 11.8. The summed E-state index contributed by atoms with van der Waals surface area (Å²) in [7, 11) is 0. The molecular weight excluding hydrogens is 228 g/mol. The van der Waals surface area contributed by atoms with Crippen molar-refractivity contribution in [3.8, 4) is 5.75 Å². The Labute approximate surface area is 109 Å². The molecule has 0 unspecified atom stereocenters. The van der Waals surface area contributed by atoms with Crippen molar-refractivity contribution in [1.29, 1.82) is 0 Å². The van der Waals surface area contributed by atoms with Gasteiger partial charge in [0.05, 0.1) is 11.7 Å². The Hall–Kier alpha value is -1.51. The zero-order valence-electron chi connectivity index (χ0n) is 11.8. The Kier molecular flexibility index (Phi) is 4.76. The van der Waals surface area contributed by atoms with Crippen molar-refractivity contribution < 1.29 is 14.3 Å². The Morgan fingerprint density at radius 3 is 2.22 bits per heavy atom. The van der Waals surface area contributed by atoms with Gasteiger partial charge in [-0.1, -0.05) is 6.92 Å². The normalized spacial score (nSPS) is 11.4. The smallest absolute Gasteiger partial charge is 0.338 e. The lowest BCUT2D eigenvalue weighted by molar-refractivity contribution is -0.00243. The molecule has 1 aromatic carbocycles. The van der Waals surface area contributed by atoms with Gasteiger partial charge >= 0.3 is 5.97 Å². The lowest BCUT2D eigenvalue weighted by Gasteiger charge is -2.23. The molecule has 1 aromatic rings. The summed E-state index contributed by atoms with van der Waals surface area (Å²) in [6.45, 7) is 9.73. The van der Waals surface area contributed by atoms with Gasteiger partial charge in [-0.2, -0.15) is 0 Å². The maximum Gasteiger partial charge on any atom is 0.338 e. The molecule has 0 fully saturated rings. The summed E-state index contributed by atoms with van der Waals surface area (Å²) in [6.07, 6.45) is 0.912. The van der Waals surface area contributed by atoms with E-state index in [1.807, 2.05) is 34.6 Å². The Bertz CT molecular complexity index is 391. The second kappa shape index (κ2) is 5.89. The Balaban J connectivity index is 2.70. The molecule has 0 N–H and O–H groups in total. The van der Waals surface area contributed by atoms with Crippen LogP contribution in [0.5, 0.6) is 5.75 Å². The highest BCUT2D eigenvalue weighted by molar-refractivity contribution is 5.89. The van der Waals surface area contributed by atoms with Crippen LogP contribution in [-0.4, -0.2) is 17.7 Å². The van der Waals surface area contributed by atoms with Crippen LogP contribution in [-0.2, 0) is 4.74 Å². The van der Waals surface area contributed by atoms with E-state index >= 15 is 0 Å². The number of rotatable bonds is 5. The molecule has 3 heteroatoms. The fraction of sp³-hybridized carbons (Fsp3) is 0.533. The molecule has 0 radical (unpaired) electrons. The van der Waals surface area contributed by atoms with Crippen molar-refractivity contribution in [1.82, 2.24) is 0 Å². The van der Waals surface area contributed by atoms with Crippen molar-refractivity contribution in [2.75, 3.05) is 0 Å². The van der Waals surface area contributed by atoms with Crippen molar-refractivity contribution in [2.45, 2.75) is 52.7 Å². The molecule has 0 aliphatic rings. The molecule has 0 aliphatic heterocycles. The summed E-state index contributed by atoms with van der Waals surface area (Å²) in [4.78, 5) is 11.9. The van der Waals surface area contributed by atoms with E-state index in [2.05, 4.69) is 0 Å². The number of carbonyl (C=O) groups excluding carboxylic acids is 1. The molecular formula is C15H22O3. The van der Waals surface area contributed by atoms with Crippen LogP contribution in [0.2, 0.25) is 0 Å². The molecule has 1 rings (SSSR count). The minimum Gasteiger partial charge on any atom is -0.491 e. The summed E-state index contributed by atoms with van der Waals surface area (Å²) in [5.74, 6) is 0.467. The van der Waals surface area contributed by atoms with Crippen molar-refractivity contribution in [3.05, 3.63) is 29.8 Å². The SMILES string of the molecule is CCC(C)(C)OC(=O)c1ccc(OC(C)C)cc1. The quantitative estimate of drug-likeness (QED) is 0.745. The first-order valence-electron chi connectivity index (χ1n) is 6.34. The number of hydrogen-bond donors (Lipinski definition) is 0. The van der Waals surface area contributed by atoms with Gasteiger partial charge in [0.2, 0.25) is 0 Å². The van der Waals surface area contributed by atoms with E-state index in [0.717, 1.165) is 12.2 Å². The third-order valence-electron chi connectivity index (χ3n) is 2.68. The van der Waals surface area contributed by atoms with E-state index in [-0.39, 0.29) is 12.1 Å². The molecule has 0 aromatic heterocycles. The third-order valence-corrected chi connectivity index (χ3v) is 2.68. The topological polar surface area (TPSA) is 35.5 Å². The molecule has 0 saturated carbocycles. The van der Waals surface area contributed by atoms with Crippen LogP contribution >= 0.6 is 0 Å². The van der Waals surface area contributed by atoms with Crippen molar-refractivity contribution >= 4 is 5.97 Å². The van der Waals surface area contributed by atoms with Gasteiger partial charge in [0.15, 0.2) is 0 Å². The number of esters is 1. The molecule has 0 amide bonds. The van der Waals surface area contributed by atoms with Gasteiger partial charge in [-0.25, -0.2) is 4.79 Å². The second-order valence-electron chi connectivity index (χ2n) is 5.19. The van der Waals surface area contributed by atoms with Crippen LogP contribution < -0.4 is 4.74 Å². The molecule has 0 aliphatic carbocycles. The van der Waals surface area contributed by atoms with E-state index in [1.165, 1.54) is 0 Å². The monoisotopic (exact) mass is 250 g/mol. The third kappa shape index (κ3) is 4.40. The summed E-state index contributed by atoms with van der Waals surface area (Å²) < 4.78 is 10.9. The highest BCUT2D eigenvalue weighted by Crippen LogP contribution is 2.19. The predicted octanol–water partition coefficient (Wildman–Crippen LogP) is 3.82. The number of hydrogen-bond acceptors (Lipinski definition) is 3. The molecule has 0 atom stereocenters. The van der Waals surface area contributed by atoms with Crippen LogP contribution in [0.4, 0.5) is 0 Å². The molecule has 100 valence electrons. The van der Waals surface area contributed by atoms with E-state index < -0.39 is 5.60 Å². The van der Waals surface area contributed by atoms with E-state index in [4.69, 9.17) is 9.47 Å². The van der Waals surface area contributed by atoms with Gasteiger partial charge in [0, 0.05) is 0 Å². The number of carbonyl (C=O) groups is 1. The van der Waals surface area contributed by atoms with Crippen LogP contribution in [0, 0.1) is 0 Å². The first-order chi connectivity index (χ1) is 8.34. The van der Waals surface area contributed by atoms with Crippen LogP contribution in [0.1, 0.15) is 51.4 Å². The fourth-order valence-corrected chi connectivity index (χ4v) is 1.32. The lowest BCUT2D eigenvalue weighted by Crippen LogP contribution is -2.27. The first kappa shape index (κ1) is 14.6. The highest BCUT2D eigenvalue weighted by atomic mass is 16.6. The maximum atomic E-state index is 11.9. The standard InChI is InChI=1S/C15H22O3/c1-6-15(4,5)18-14(16)12-7-9-13(10-8-12)17-11(2)3/h7-11H,6H2,1-5H3. The number of benzene rings is 1. The van der Waals surface area contributed by atoms with Gasteiger partial charge in [0.25, 0.3) is 0 Å². The highest BCUT2D eigenvalue weighted by Gasteiger charge is 2.21. The van der Waals surface area contributed by atoms with Gasteiger partial charge in [-0.05, 0) is 58.4 Å². The van der Waals surface area contributed by atoms with Crippen LogP contribution in [0.15, 0.2) is 24.3 Å². The summed E-state index contributed by atoms with van der Waals surface area (Å²) in [5, 5.41) is 0. The Morgan fingerprint density at radius 1 is 1.22 bits per heavy atom. The van der Waals surface area contributed by atoms with Gasteiger partial charge in [0.1, 0.15) is 11.4 Å². The van der Waals surface area contributed by atoms with Gasteiger partial charge < -0.3 is 9.47 Å². The molecule has 18 heavy (non-hydrogen) atoms. The summed E-state index contributed by atoms with van der Waals surface area (Å²) in [6, 6.07) is 7.03. The van der Waals surface area contributed by atoms with Crippen LogP contribution in [0.25, 0.3) is 0 Å². The van der Waals surface area contributed by atoms with Crippen LogP contribution in [0.3, 0.4) is 0 Å². The second-order valence-corrected chi connectivity index (χ2v) is 5.19. The lowest BCUT2D eigenvalue weighted by atomic mass is 10.1. The maximum absolute atomic E-state index is 11.9. The fourth-order valence-electron chi connectivity index (χ4n) is 1.32. The van der Waals surface area contributed by atoms with Crippen molar-refractivity contribution in [2.24, 2.45) is 0 Å². The molecule has 3 nitrogen and oxygen atoms in total. The molecule has 0 bridgehead atoms. The average molecular weight is 250 g/mol. The number of ether oxygens (including phenoxy) is 2. The minimum absolute atomic E-state index is 0.127. The minimum atomic E-state index is -0.426. The first-order valence-corrected chi connectivity index (χ1v) is 6.34. The van der Waals surface area contributed by atoms with E-state index in [9.17, 15) is 4.79 Å². The molecule has 0 spiro atoms. The predicted molar refractivity (Wildman–Crippen MR) is 72.0 cm³/mol. The van der Waals surface area contributed by atoms with Crippen molar-refractivity contribution in [3.63, 3.8) is 0 Å². The van der Waals surface area contributed by atoms with E-state index in [0.29, 0.717) is 5.56 Å². The summed E-state index contributed by atoms with van der Waals surface area (Å²) >= 11 is 0. The molecule has 0 heterocycles. The summed E-state index contributed by atoms with van der Waals surface area (Å²) in [5.41, 5.74) is 0.122. The van der Waals surface area contributed by atoms with Gasteiger partial charge in [-0.15, -0.1) is 0 Å². The van der Waals surface area contributed by atoms with Gasteiger partial charge in [-0.3, -0.25) is 0 Å². The van der Waals surface area contributed by atoms with E-state index in [1.54, 1.807) is 24.3 Å².